The highest BCUT2D eigenvalue weighted by Crippen LogP contribution is 2.13. The summed E-state index contributed by atoms with van der Waals surface area (Å²) in [6.07, 6.45) is -0.287. The van der Waals surface area contributed by atoms with Crippen molar-refractivity contribution in [1.82, 2.24) is 4.98 Å². The Balaban J connectivity index is 3.04. The molecule has 0 aliphatic carbocycles. The number of hydrogen-bond acceptors (Lipinski definition) is 4. The second-order valence-electron chi connectivity index (χ2n) is 2.72. The van der Waals surface area contributed by atoms with Crippen molar-refractivity contribution in [1.29, 1.82) is 0 Å². The van der Waals surface area contributed by atoms with Gasteiger partial charge >= 0.3 is 11.9 Å². The van der Waals surface area contributed by atoms with Crippen LogP contribution in [0.3, 0.4) is 0 Å². The first-order chi connectivity index (χ1) is 7.02. The smallest absolute Gasteiger partial charge is 0.356 e. The van der Waals surface area contributed by atoms with E-state index in [1.165, 1.54) is 19.2 Å². The van der Waals surface area contributed by atoms with Crippen molar-refractivity contribution in [3.63, 3.8) is 0 Å². The number of halogens is 1. The number of hydrogen-bond donors (Lipinski definition) is 1. The molecule has 0 amide bonds. The standard InChI is InChI=1S/C9H8ClNO4/c1-15-9(14)7-3-5(10)2-6(11-7)4-8(12)13/h2-3H,4H2,1H3,(H,12,13). The SMILES string of the molecule is COC(=O)c1cc(Cl)cc(CC(=O)O)n1. The molecule has 1 N–H and O–H groups in total. The maximum atomic E-state index is 11.1. The Bertz CT molecular complexity index is 405. The Kier molecular flexibility index (Phi) is 3.62. The van der Waals surface area contributed by atoms with Crippen molar-refractivity contribution in [3.8, 4) is 0 Å². The van der Waals surface area contributed by atoms with E-state index >= 15 is 0 Å². The van der Waals surface area contributed by atoms with Crippen molar-refractivity contribution in [3.05, 3.63) is 28.5 Å². The predicted molar refractivity (Wildman–Crippen MR) is 51.9 cm³/mol. The molecule has 0 aliphatic rings. The fourth-order valence-electron chi connectivity index (χ4n) is 1.01. The third-order valence-electron chi connectivity index (χ3n) is 1.57. The van der Waals surface area contributed by atoms with E-state index in [2.05, 4.69) is 9.72 Å². The number of nitrogens with zero attached hydrogens (tertiary/aromatic N) is 1. The molecule has 0 saturated carbocycles. The van der Waals surface area contributed by atoms with Crippen LogP contribution in [0.4, 0.5) is 0 Å². The second-order valence-corrected chi connectivity index (χ2v) is 3.16. The molecule has 6 heteroatoms. The number of rotatable bonds is 3. The normalized spacial score (nSPS) is 9.73. The van der Waals surface area contributed by atoms with Gasteiger partial charge in [-0.25, -0.2) is 9.78 Å². The highest BCUT2D eigenvalue weighted by molar-refractivity contribution is 6.30. The lowest BCUT2D eigenvalue weighted by molar-refractivity contribution is -0.136. The summed E-state index contributed by atoms with van der Waals surface area (Å²) in [6.45, 7) is 0. The van der Waals surface area contributed by atoms with Crippen molar-refractivity contribution in [2.45, 2.75) is 6.42 Å². The van der Waals surface area contributed by atoms with Gasteiger partial charge in [-0.3, -0.25) is 4.79 Å². The van der Waals surface area contributed by atoms with Gasteiger partial charge in [0.15, 0.2) is 0 Å². The molecular formula is C9H8ClNO4. The summed E-state index contributed by atoms with van der Waals surface area (Å²) in [6, 6.07) is 2.71. The van der Waals surface area contributed by atoms with Gasteiger partial charge in [-0.1, -0.05) is 11.6 Å². The lowest BCUT2D eigenvalue weighted by Gasteiger charge is -2.02. The minimum Gasteiger partial charge on any atom is -0.481 e. The van der Waals surface area contributed by atoms with E-state index in [-0.39, 0.29) is 22.8 Å². The van der Waals surface area contributed by atoms with Gasteiger partial charge in [0, 0.05) is 5.02 Å². The molecule has 0 aromatic carbocycles. The van der Waals surface area contributed by atoms with Gasteiger partial charge in [0.2, 0.25) is 0 Å². The molecule has 0 unspecified atom stereocenters. The quantitative estimate of drug-likeness (QED) is 0.787. The number of esters is 1. The van der Waals surface area contributed by atoms with Gasteiger partial charge < -0.3 is 9.84 Å². The molecule has 5 nitrogen and oxygen atoms in total. The number of aromatic nitrogens is 1. The summed E-state index contributed by atoms with van der Waals surface area (Å²) < 4.78 is 4.44. The van der Waals surface area contributed by atoms with Gasteiger partial charge in [0.05, 0.1) is 19.2 Å². The average molecular weight is 230 g/mol. The third kappa shape index (κ3) is 3.21. The lowest BCUT2D eigenvalue weighted by Crippen LogP contribution is -2.09. The van der Waals surface area contributed by atoms with Gasteiger partial charge in [0.25, 0.3) is 0 Å². The van der Waals surface area contributed by atoms with Gasteiger partial charge in [-0.05, 0) is 12.1 Å². The molecule has 0 bridgehead atoms. The molecule has 1 aromatic heterocycles. The van der Waals surface area contributed by atoms with Crippen LogP contribution in [-0.2, 0) is 16.0 Å². The zero-order valence-electron chi connectivity index (χ0n) is 7.86. The van der Waals surface area contributed by atoms with E-state index in [9.17, 15) is 9.59 Å². The van der Waals surface area contributed by atoms with Gasteiger partial charge in [0.1, 0.15) is 5.69 Å². The zero-order chi connectivity index (χ0) is 11.4. The Morgan fingerprint density at radius 1 is 1.53 bits per heavy atom. The predicted octanol–water partition coefficient (Wildman–Crippen LogP) is 1.15. The van der Waals surface area contributed by atoms with E-state index in [1.54, 1.807) is 0 Å². The molecular weight excluding hydrogens is 222 g/mol. The lowest BCUT2D eigenvalue weighted by atomic mass is 10.2. The molecule has 0 saturated heterocycles. The summed E-state index contributed by atoms with van der Waals surface area (Å²) in [7, 11) is 1.21. The molecule has 1 heterocycles. The van der Waals surface area contributed by atoms with Crippen LogP contribution in [0.5, 0.6) is 0 Å². The van der Waals surface area contributed by atoms with Crippen LogP contribution in [0.2, 0.25) is 5.02 Å². The highest BCUT2D eigenvalue weighted by atomic mass is 35.5. The Labute approximate surface area is 90.6 Å². The fourth-order valence-corrected chi connectivity index (χ4v) is 1.23. The van der Waals surface area contributed by atoms with Crippen molar-refractivity contribution in [2.75, 3.05) is 7.11 Å². The maximum absolute atomic E-state index is 11.1. The number of aliphatic carboxylic acids is 1. The first kappa shape index (κ1) is 11.5. The van der Waals surface area contributed by atoms with Crippen LogP contribution in [0.1, 0.15) is 16.2 Å². The molecule has 15 heavy (non-hydrogen) atoms. The topological polar surface area (TPSA) is 76.5 Å². The molecule has 0 spiro atoms. The number of pyridine rings is 1. The van der Waals surface area contributed by atoms with Crippen LogP contribution in [0.25, 0.3) is 0 Å². The number of carbonyl (C=O) groups excluding carboxylic acids is 1. The van der Waals surface area contributed by atoms with Crippen molar-refractivity contribution < 1.29 is 19.4 Å². The minimum absolute atomic E-state index is 0.00116. The number of carbonyl (C=O) groups is 2. The van der Waals surface area contributed by atoms with E-state index in [0.29, 0.717) is 0 Å². The summed E-state index contributed by atoms with van der Waals surface area (Å²) in [5.41, 5.74) is 0.219. The Morgan fingerprint density at radius 3 is 2.73 bits per heavy atom. The number of carboxylic acid groups (broad SMARTS) is 1. The molecule has 0 atom stereocenters. The van der Waals surface area contributed by atoms with Crippen LogP contribution in [-0.4, -0.2) is 29.1 Å². The van der Waals surface area contributed by atoms with Crippen LogP contribution < -0.4 is 0 Å². The molecule has 80 valence electrons. The largest absolute Gasteiger partial charge is 0.481 e. The monoisotopic (exact) mass is 229 g/mol. The van der Waals surface area contributed by atoms with E-state index in [1.807, 2.05) is 0 Å². The van der Waals surface area contributed by atoms with Gasteiger partial charge in [-0.2, -0.15) is 0 Å². The number of carboxylic acids is 1. The summed E-state index contributed by atoms with van der Waals surface area (Å²) in [4.78, 5) is 25.3. The zero-order valence-corrected chi connectivity index (χ0v) is 8.61. The van der Waals surface area contributed by atoms with Crippen LogP contribution in [0, 0.1) is 0 Å². The second kappa shape index (κ2) is 4.75. The van der Waals surface area contributed by atoms with Crippen LogP contribution in [0.15, 0.2) is 12.1 Å². The molecule has 1 rings (SSSR count). The molecule has 0 radical (unpaired) electrons. The summed E-state index contributed by atoms with van der Waals surface area (Å²) >= 11 is 5.69. The van der Waals surface area contributed by atoms with E-state index in [0.717, 1.165) is 0 Å². The Morgan fingerprint density at radius 2 is 2.20 bits per heavy atom. The highest BCUT2D eigenvalue weighted by Gasteiger charge is 2.11. The van der Waals surface area contributed by atoms with Gasteiger partial charge in [-0.15, -0.1) is 0 Å². The summed E-state index contributed by atoms with van der Waals surface area (Å²) in [5, 5.41) is 8.80. The summed E-state index contributed by atoms with van der Waals surface area (Å²) in [5.74, 6) is -1.69. The number of ether oxygens (including phenoxy) is 1. The van der Waals surface area contributed by atoms with E-state index < -0.39 is 11.9 Å². The van der Waals surface area contributed by atoms with Crippen LogP contribution >= 0.6 is 11.6 Å². The molecule has 1 aromatic rings. The minimum atomic E-state index is -1.04. The third-order valence-corrected chi connectivity index (χ3v) is 1.79. The average Bonchev–Trinajstić information content (AvgIpc) is 2.14. The first-order valence-corrected chi connectivity index (χ1v) is 4.37. The maximum Gasteiger partial charge on any atom is 0.356 e. The number of methoxy groups -OCH3 is 1. The first-order valence-electron chi connectivity index (χ1n) is 3.99. The Hall–Kier alpha value is -1.62. The van der Waals surface area contributed by atoms with Crippen molar-refractivity contribution in [2.24, 2.45) is 0 Å². The van der Waals surface area contributed by atoms with Crippen molar-refractivity contribution >= 4 is 23.5 Å². The van der Waals surface area contributed by atoms with E-state index in [4.69, 9.17) is 16.7 Å². The molecule has 0 aliphatic heterocycles. The fraction of sp³-hybridized carbons (Fsp3) is 0.222. The molecule has 0 fully saturated rings.